The lowest BCUT2D eigenvalue weighted by atomic mass is 9.97. The molecule has 0 spiro atoms. The van der Waals surface area contributed by atoms with Crippen molar-refractivity contribution in [3.63, 3.8) is 0 Å². The van der Waals surface area contributed by atoms with Gasteiger partial charge in [-0.2, -0.15) is 0 Å². The molecule has 28 heavy (non-hydrogen) atoms. The van der Waals surface area contributed by atoms with E-state index in [9.17, 15) is 4.79 Å². The van der Waals surface area contributed by atoms with Crippen molar-refractivity contribution in [3.8, 4) is 0 Å². The van der Waals surface area contributed by atoms with Crippen LogP contribution in [0.4, 0.5) is 0 Å². The largest absolute Gasteiger partial charge is 0.375 e. The summed E-state index contributed by atoms with van der Waals surface area (Å²) in [5.41, 5.74) is 1.09. The van der Waals surface area contributed by atoms with Gasteiger partial charge in [0.05, 0.1) is 27.4 Å². The number of hydrogen-bond donors (Lipinski definition) is 0. The summed E-state index contributed by atoms with van der Waals surface area (Å²) in [5.74, 6) is 0.320. The standard InChI is InChI=1S/C23H32N2O2S/c26-23(13-7-6-12-22-24-20-10-4-5-11-21(20)28-22)25-16-14-19(15-17-25)27-18-8-2-1-3-9-18/h4-5,10-11,18-19H,1-3,6-9,12-17H2. The molecule has 1 aromatic carbocycles. The first-order valence-corrected chi connectivity index (χ1v) is 11.9. The summed E-state index contributed by atoms with van der Waals surface area (Å²) >= 11 is 1.78. The number of aromatic nitrogens is 1. The number of carbonyl (C=O) groups is 1. The van der Waals surface area contributed by atoms with Crippen LogP contribution < -0.4 is 0 Å². The SMILES string of the molecule is O=C(CCCCc1nc2ccccc2s1)N1CCC(OC2CCCCC2)CC1. The molecule has 2 aliphatic rings. The Morgan fingerprint density at radius 3 is 2.57 bits per heavy atom. The molecule has 0 radical (unpaired) electrons. The maximum atomic E-state index is 12.5. The monoisotopic (exact) mass is 400 g/mol. The van der Waals surface area contributed by atoms with Crippen molar-refractivity contribution in [2.75, 3.05) is 13.1 Å². The quantitative estimate of drug-likeness (QED) is 0.588. The highest BCUT2D eigenvalue weighted by Gasteiger charge is 2.25. The Kier molecular flexibility index (Phi) is 6.97. The van der Waals surface area contributed by atoms with Crippen LogP contribution in [0.15, 0.2) is 24.3 Å². The second kappa shape index (κ2) is 9.84. The highest BCUT2D eigenvalue weighted by molar-refractivity contribution is 7.18. The summed E-state index contributed by atoms with van der Waals surface area (Å²) in [7, 11) is 0. The summed E-state index contributed by atoms with van der Waals surface area (Å²) in [5, 5.41) is 1.19. The van der Waals surface area contributed by atoms with Crippen molar-refractivity contribution in [1.29, 1.82) is 0 Å². The molecule has 1 aromatic heterocycles. The summed E-state index contributed by atoms with van der Waals surface area (Å²) < 4.78 is 7.55. The molecule has 0 atom stereocenters. The predicted molar refractivity (Wildman–Crippen MR) is 115 cm³/mol. The van der Waals surface area contributed by atoms with Gasteiger partial charge in [-0.05, 0) is 57.1 Å². The van der Waals surface area contributed by atoms with Gasteiger partial charge in [-0.3, -0.25) is 4.79 Å². The van der Waals surface area contributed by atoms with Gasteiger partial charge in [0.15, 0.2) is 0 Å². The Labute approximate surface area is 172 Å². The second-order valence-electron chi connectivity index (χ2n) is 8.26. The van der Waals surface area contributed by atoms with Gasteiger partial charge in [-0.15, -0.1) is 11.3 Å². The summed E-state index contributed by atoms with van der Waals surface area (Å²) in [6.07, 6.45) is 12.9. The van der Waals surface area contributed by atoms with Crippen LogP contribution in [0.3, 0.4) is 0 Å². The molecule has 2 aromatic rings. The van der Waals surface area contributed by atoms with Crippen LogP contribution in [0.2, 0.25) is 0 Å². The molecule has 0 bridgehead atoms. The topological polar surface area (TPSA) is 42.4 Å². The molecule has 152 valence electrons. The molecule has 2 heterocycles. The zero-order valence-corrected chi connectivity index (χ0v) is 17.6. The molecule has 1 amide bonds. The fraction of sp³-hybridized carbons (Fsp3) is 0.652. The fourth-order valence-electron chi connectivity index (χ4n) is 4.45. The molecule has 1 aliphatic carbocycles. The van der Waals surface area contributed by atoms with E-state index in [1.165, 1.54) is 41.8 Å². The van der Waals surface area contributed by atoms with Crippen LogP contribution in [0, 0.1) is 0 Å². The third kappa shape index (κ3) is 5.32. The number of carbonyl (C=O) groups excluding carboxylic acids is 1. The molecule has 2 fully saturated rings. The molecule has 0 N–H and O–H groups in total. The minimum atomic E-state index is 0.320. The van der Waals surface area contributed by atoms with Gasteiger partial charge < -0.3 is 9.64 Å². The number of aryl methyl sites for hydroxylation is 1. The Morgan fingerprint density at radius 2 is 1.79 bits per heavy atom. The maximum Gasteiger partial charge on any atom is 0.222 e. The lowest BCUT2D eigenvalue weighted by Gasteiger charge is -2.35. The minimum Gasteiger partial charge on any atom is -0.375 e. The number of benzene rings is 1. The van der Waals surface area contributed by atoms with E-state index < -0.39 is 0 Å². The number of piperidine rings is 1. The molecule has 4 nitrogen and oxygen atoms in total. The zero-order chi connectivity index (χ0) is 19.2. The van der Waals surface area contributed by atoms with E-state index in [2.05, 4.69) is 28.1 Å². The van der Waals surface area contributed by atoms with E-state index >= 15 is 0 Å². The number of rotatable bonds is 7. The number of para-hydroxylation sites is 1. The van der Waals surface area contributed by atoms with Crippen LogP contribution in [0.5, 0.6) is 0 Å². The first-order valence-electron chi connectivity index (χ1n) is 11.1. The van der Waals surface area contributed by atoms with E-state index in [0.717, 1.165) is 50.7 Å². The number of hydrogen-bond acceptors (Lipinski definition) is 4. The highest BCUT2D eigenvalue weighted by Crippen LogP contribution is 2.25. The zero-order valence-electron chi connectivity index (χ0n) is 16.8. The van der Waals surface area contributed by atoms with Gasteiger partial charge >= 0.3 is 0 Å². The summed E-state index contributed by atoms with van der Waals surface area (Å²) in [4.78, 5) is 19.3. The Hall–Kier alpha value is -1.46. The molecule has 1 saturated heterocycles. The summed E-state index contributed by atoms with van der Waals surface area (Å²) in [6.45, 7) is 1.74. The third-order valence-electron chi connectivity index (χ3n) is 6.10. The van der Waals surface area contributed by atoms with Gasteiger partial charge in [0.1, 0.15) is 0 Å². The molecular weight excluding hydrogens is 368 g/mol. The van der Waals surface area contributed by atoms with Crippen LogP contribution >= 0.6 is 11.3 Å². The van der Waals surface area contributed by atoms with Gasteiger partial charge in [0, 0.05) is 19.5 Å². The number of nitrogens with zero attached hydrogens (tertiary/aromatic N) is 2. The molecule has 4 rings (SSSR count). The van der Waals surface area contributed by atoms with Crippen LogP contribution in [-0.2, 0) is 16.0 Å². The number of fused-ring (bicyclic) bond motifs is 1. The number of ether oxygens (including phenoxy) is 1. The number of thiazole rings is 1. The van der Waals surface area contributed by atoms with Gasteiger partial charge in [0.25, 0.3) is 0 Å². The molecule has 1 aliphatic heterocycles. The smallest absolute Gasteiger partial charge is 0.222 e. The minimum absolute atomic E-state index is 0.320. The van der Waals surface area contributed by atoms with Gasteiger partial charge in [-0.1, -0.05) is 31.4 Å². The average Bonchev–Trinajstić information content (AvgIpc) is 3.15. The molecule has 0 unspecified atom stereocenters. The Bertz CT molecular complexity index is 728. The summed E-state index contributed by atoms with van der Waals surface area (Å²) in [6, 6.07) is 8.29. The second-order valence-corrected chi connectivity index (χ2v) is 9.37. The van der Waals surface area contributed by atoms with Crippen LogP contribution in [0.1, 0.15) is 69.2 Å². The third-order valence-corrected chi connectivity index (χ3v) is 7.20. The number of likely N-dealkylation sites (tertiary alicyclic amines) is 1. The van der Waals surface area contributed by atoms with Crippen molar-refractivity contribution in [1.82, 2.24) is 9.88 Å². The molecular formula is C23H32N2O2S. The van der Waals surface area contributed by atoms with Gasteiger partial charge in [0.2, 0.25) is 5.91 Å². The number of unbranched alkanes of at least 4 members (excludes halogenated alkanes) is 1. The molecule has 1 saturated carbocycles. The van der Waals surface area contributed by atoms with Crippen molar-refractivity contribution in [3.05, 3.63) is 29.3 Å². The Morgan fingerprint density at radius 1 is 1.04 bits per heavy atom. The Balaban J connectivity index is 1.13. The molecule has 5 heteroatoms. The normalized spacial score (nSPS) is 19.4. The van der Waals surface area contributed by atoms with E-state index in [1.54, 1.807) is 11.3 Å². The first-order chi connectivity index (χ1) is 13.8. The lowest BCUT2D eigenvalue weighted by molar-refractivity contribution is -0.135. The van der Waals surface area contributed by atoms with Crippen molar-refractivity contribution in [2.24, 2.45) is 0 Å². The lowest BCUT2D eigenvalue weighted by Crippen LogP contribution is -2.42. The fourth-order valence-corrected chi connectivity index (χ4v) is 5.46. The van der Waals surface area contributed by atoms with Crippen molar-refractivity contribution < 1.29 is 9.53 Å². The van der Waals surface area contributed by atoms with Crippen LogP contribution in [-0.4, -0.2) is 41.1 Å². The van der Waals surface area contributed by atoms with Crippen molar-refractivity contribution >= 4 is 27.5 Å². The number of amides is 1. The van der Waals surface area contributed by atoms with Gasteiger partial charge in [-0.25, -0.2) is 4.98 Å². The predicted octanol–water partition coefficient (Wildman–Crippen LogP) is 5.35. The average molecular weight is 401 g/mol. The van der Waals surface area contributed by atoms with Crippen LogP contribution in [0.25, 0.3) is 10.2 Å². The first kappa shape index (κ1) is 19.8. The van der Waals surface area contributed by atoms with E-state index in [0.29, 0.717) is 24.5 Å². The highest BCUT2D eigenvalue weighted by atomic mass is 32.1. The van der Waals surface area contributed by atoms with Crippen molar-refractivity contribution in [2.45, 2.75) is 82.8 Å². The van der Waals surface area contributed by atoms with E-state index in [4.69, 9.17) is 4.74 Å². The van der Waals surface area contributed by atoms with E-state index in [1.807, 2.05) is 6.07 Å². The van der Waals surface area contributed by atoms with E-state index in [-0.39, 0.29) is 0 Å². The maximum absolute atomic E-state index is 12.5.